The maximum absolute atomic E-state index is 11.7. The molecule has 1 unspecified atom stereocenters. The van der Waals surface area contributed by atoms with E-state index < -0.39 is 0 Å². The lowest BCUT2D eigenvalue weighted by atomic mass is 9.82. The van der Waals surface area contributed by atoms with Crippen molar-refractivity contribution in [2.75, 3.05) is 6.54 Å². The van der Waals surface area contributed by atoms with Gasteiger partial charge in [-0.1, -0.05) is 45.9 Å². The summed E-state index contributed by atoms with van der Waals surface area (Å²) in [6.07, 6.45) is 1.08. The van der Waals surface area contributed by atoms with Crippen molar-refractivity contribution in [2.45, 2.75) is 59.4 Å². The third-order valence-corrected chi connectivity index (χ3v) is 4.56. The summed E-state index contributed by atoms with van der Waals surface area (Å²) in [4.78, 5) is 13.7. The fourth-order valence-electron chi connectivity index (χ4n) is 3.16. The second kappa shape index (κ2) is 5.99. The Morgan fingerprint density at radius 1 is 1.25 bits per heavy atom. The quantitative estimate of drug-likeness (QED) is 0.786. The third-order valence-electron chi connectivity index (χ3n) is 4.56. The highest BCUT2D eigenvalue weighted by Gasteiger charge is 2.26. The van der Waals surface area contributed by atoms with Gasteiger partial charge in [0.25, 0.3) is 0 Å². The highest BCUT2D eigenvalue weighted by atomic mass is 16.2. The molecular weight excluding hydrogens is 246 g/mol. The van der Waals surface area contributed by atoms with Crippen molar-refractivity contribution in [3.8, 4) is 0 Å². The van der Waals surface area contributed by atoms with Crippen LogP contribution in [0.25, 0.3) is 0 Å². The van der Waals surface area contributed by atoms with Crippen molar-refractivity contribution >= 4 is 5.91 Å². The zero-order valence-electron chi connectivity index (χ0n) is 13.4. The number of fused-ring (bicyclic) bond motifs is 1. The SMILES string of the molecule is CC(=O)N1CCC(C(C)C)c2cc(C(C)C)ccc2C1. The van der Waals surface area contributed by atoms with E-state index in [-0.39, 0.29) is 5.91 Å². The van der Waals surface area contributed by atoms with E-state index in [0.29, 0.717) is 17.8 Å². The molecule has 0 aromatic heterocycles. The van der Waals surface area contributed by atoms with Gasteiger partial charge in [0.2, 0.25) is 5.91 Å². The van der Waals surface area contributed by atoms with Crippen LogP contribution in [0.1, 0.15) is 69.6 Å². The predicted molar refractivity (Wildman–Crippen MR) is 83.8 cm³/mol. The number of amides is 1. The Kier molecular flexibility index (Phi) is 4.52. The van der Waals surface area contributed by atoms with Gasteiger partial charge in [-0.15, -0.1) is 0 Å². The number of rotatable bonds is 2. The first-order valence-electron chi connectivity index (χ1n) is 7.78. The molecule has 110 valence electrons. The van der Waals surface area contributed by atoms with Gasteiger partial charge in [-0.3, -0.25) is 4.79 Å². The van der Waals surface area contributed by atoms with Gasteiger partial charge in [-0.25, -0.2) is 0 Å². The summed E-state index contributed by atoms with van der Waals surface area (Å²) >= 11 is 0. The minimum atomic E-state index is 0.188. The van der Waals surface area contributed by atoms with Crippen molar-refractivity contribution in [3.05, 3.63) is 34.9 Å². The summed E-state index contributed by atoms with van der Waals surface area (Å²) in [6.45, 7) is 12.4. The summed E-state index contributed by atoms with van der Waals surface area (Å²) in [7, 11) is 0. The molecule has 1 aromatic carbocycles. The fraction of sp³-hybridized carbons (Fsp3) is 0.611. The Hall–Kier alpha value is -1.31. The van der Waals surface area contributed by atoms with Crippen molar-refractivity contribution < 1.29 is 4.79 Å². The van der Waals surface area contributed by atoms with E-state index in [0.717, 1.165) is 19.5 Å². The average molecular weight is 273 g/mol. The van der Waals surface area contributed by atoms with Crippen LogP contribution in [0.3, 0.4) is 0 Å². The van der Waals surface area contributed by atoms with Gasteiger partial charge in [-0.2, -0.15) is 0 Å². The number of nitrogens with zero attached hydrogens (tertiary/aromatic N) is 1. The molecule has 1 aliphatic heterocycles. The first kappa shape index (κ1) is 15.1. The molecule has 2 rings (SSSR count). The number of hydrogen-bond donors (Lipinski definition) is 0. The first-order chi connectivity index (χ1) is 9.40. The van der Waals surface area contributed by atoms with Crippen LogP contribution in [0.2, 0.25) is 0 Å². The van der Waals surface area contributed by atoms with Crippen LogP contribution >= 0.6 is 0 Å². The van der Waals surface area contributed by atoms with Gasteiger partial charge >= 0.3 is 0 Å². The topological polar surface area (TPSA) is 20.3 Å². The Morgan fingerprint density at radius 3 is 2.50 bits per heavy atom. The molecule has 1 heterocycles. The molecule has 1 aliphatic rings. The van der Waals surface area contributed by atoms with Crippen LogP contribution < -0.4 is 0 Å². The summed E-state index contributed by atoms with van der Waals surface area (Å²) in [5.74, 6) is 1.92. The van der Waals surface area contributed by atoms with E-state index in [9.17, 15) is 4.79 Å². The number of hydrogen-bond acceptors (Lipinski definition) is 1. The smallest absolute Gasteiger partial charge is 0.219 e. The normalized spacial score (nSPS) is 19.1. The lowest BCUT2D eigenvalue weighted by molar-refractivity contribution is -0.129. The lowest BCUT2D eigenvalue weighted by Crippen LogP contribution is -2.28. The molecule has 0 bridgehead atoms. The van der Waals surface area contributed by atoms with E-state index in [1.165, 1.54) is 16.7 Å². The molecule has 0 aliphatic carbocycles. The Morgan fingerprint density at radius 2 is 1.95 bits per heavy atom. The second-order valence-electron chi connectivity index (χ2n) is 6.69. The first-order valence-corrected chi connectivity index (χ1v) is 7.78. The highest BCUT2D eigenvalue weighted by molar-refractivity contribution is 5.73. The fourth-order valence-corrected chi connectivity index (χ4v) is 3.16. The number of benzene rings is 1. The molecule has 1 amide bonds. The molecular formula is C18H27NO. The van der Waals surface area contributed by atoms with E-state index in [2.05, 4.69) is 45.9 Å². The molecule has 2 heteroatoms. The number of carbonyl (C=O) groups excluding carboxylic acids is 1. The molecule has 0 radical (unpaired) electrons. The van der Waals surface area contributed by atoms with Crippen LogP contribution in [0.5, 0.6) is 0 Å². The average Bonchev–Trinajstić information content (AvgIpc) is 2.56. The second-order valence-corrected chi connectivity index (χ2v) is 6.69. The highest BCUT2D eigenvalue weighted by Crippen LogP contribution is 2.35. The summed E-state index contributed by atoms with van der Waals surface area (Å²) in [5, 5.41) is 0. The van der Waals surface area contributed by atoms with Gasteiger partial charge in [0.05, 0.1) is 0 Å². The Bertz CT molecular complexity index is 490. The maximum Gasteiger partial charge on any atom is 0.219 e. The third kappa shape index (κ3) is 3.05. The van der Waals surface area contributed by atoms with Crippen molar-refractivity contribution in [2.24, 2.45) is 5.92 Å². The minimum Gasteiger partial charge on any atom is -0.339 e. The summed E-state index contributed by atoms with van der Waals surface area (Å²) in [5.41, 5.74) is 4.21. The van der Waals surface area contributed by atoms with Gasteiger partial charge in [0.1, 0.15) is 0 Å². The summed E-state index contributed by atoms with van der Waals surface area (Å²) in [6, 6.07) is 6.85. The van der Waals surface area contributed by atoms with E-state index >= 15 is 0 Å². The summed E-state index contributed by atoms with van der Waals surface area (Å²) < 4.78 is 0. The predicted octanol–water partition coefficient (Wildman–Crippen LogP) is 4.30. The van der Waals surface area contributed by atoms with Gasteiger partial charge < -0.3 is 4.90 Å². The molecule has 0 spiro atoms. The van der Waals surface area contributed by atoms with Crippen molar-refractivity contribution in [1.29, 1.82) is 0 Å². The zero-order valence-corrected chi connectivity index (χ0v) is 13.4. The molecule has 2 nitrogen and oxygen atoms in total. The molecule has 0 fully saturated rings. The molecule has 0 N–H and O–H groups in total. The van der Waals surface area contributed by atoms with Crippen molar-refractivity contribution in [3.63, 3.8) is 0 Å². The number of carbonyl (C=O) groups is 1. The van der Waals surface area contributed by atoms with Gasteiger partial charge in [0, 0.05) is 20.0 Å². The monoisotopic (exact) mass is 273 g/mol. The lowest BCUT2D eigenvalue weighted by Gasteiger charge is -2.22. The molecule has 1 aromatic rings. The largest absolute Gasteiger partial charge is 0.339 e. The molecule has 0 saturated heterocycles. The van der Waals surface area contributed by atoms with Crippen LogP contribution in [0, 0.1) is 5.92 Å². The maximum atomic E-state index is 11.7. The van der Waals surface area contributed by atoms with E-state index in [1.807, 2.05) is 4.90 Å². The molecule has 20 heavy (non-hydrogen) atoms. The van der Waals surface area contributed by atoms with Crippen LogP contribution in [0.15, 0.2) is 18.2 Å². The Balaban J connectivity index is 2.44. The van der Waals surface area contributed by atoms with Crippen LogP contribution in [-0.4, -0.2) is 17.4 Å². The van der Waals surface area contributed by atoms with Crippen LogP contribution in [0.4, 0.5) is 0 Å². The van der Waals surface area contributed by atoms with E-state index in [1.54, 1.807) is 6.92 Å². The Labute approximate surface area is 123 Å². The molecule has 0 saturated carbocycles. The van der Waals surface area contributed by atoms with Crippen molar-refractivity contribution in [1.82, 2.24) is 4.90 Å². The molecule has 1 atom stereocenters. The zero-order chi connectivity index (χ0) is 14.9. The van der Waals surface area contributed by atoms with E-state index in [4.69, 9.17) is 0 Å². The standard InChI is InChI=1S/C18H27NO/c1-12(2)15-6-7-16-11-19(14(5)20)9-8-17(13(3)4)18(16)10-15/h6-7,10,12-13,17H,8-9,11H2,1-5H3. The van der Waals surface area contributed by atoms with Gasteiger partial charge in [-0.05, 0) is 40.9 Å². The minimum absolute atomic E-state index is 0.188. The van der Waals surface area contributed by atoms with Gasteiger partial charge in [0.15, 0.2) is 0 Å². The van der Waals surface area contributed by atoms with Crippen LogP contribution in [-0.2, 0) is 11.3 Å².